The molecule has 0 spiro atoms. The van der Waals surface area contributed by atoms with Crippen LogP contribution in [0.25, 0.3) is 0 Å². The van der Waals surface area contributed by atoms with Crippen molar-refractivity contribution < 1.29 is 14.3 Å². The van der Waals surface area contributed by atoms with Crippen LogP contribution < -0.4 is 10.5 Å². The maximum absolute atomic E-state index is 11.4. The molecule has 2 rings (SSSR count). The summed E-state index contributed by atoms with van der Waals surface area (Å²) in [6, 6.07) is 7.42. The van der Waals surface area contributed by atoms with E-state index in [0.717, 1.165) is 31.4 Å². The fourth-order valence-electron chi connectivity index (χ4n) is 2.21. The quantitative estimate of drug-likeness (QED) is 0.833. The molecule has 1 aliphatic rings. The highest BCUT2D eigenvalue weighted by molar-refractivity contribution is 5.89. The molecule has 1 aliphatic carbocycles. The molecule has 0 heterocycles. The van der Waals surface area contributed by atoms with Crippen molar-refractivity contribution in [1.82, 2.24) is 0 Å². The van der Waals surface area contributed by atoms with Crippen molar-refractivity contribution in [2.45, 2.75) is 37.8 Å². The molecule has 0 radical (unpaired) electrons. The molecule has 0 amide bonds. The van der Waals surface area contributed by atoms with E-state index in [-0.39, 0.29) is 12.1 Å². The topological polar surface area (TPSA) is 61.5 Å². The first-order chi connectivity index (χ1) is 8.69. The second-order valence-corrected chi connectivity index (χ2v) is 4.67. The number of carbonyl (C=O) groups excluding carboxylic acids is 1. The highest BCUT2D eigenvalue weighted by Gasteiger charge is 2.20. The fourth-order valence-corrected chi connectivity index (χ4v) is 2.21. The highest BCUT2D eigenvalue weighted by atomic mass is 16.5. The predicted molar refractivity (Wildman–Crippen MR) is 68.6 cm³/mol. The van der Waals surface area contributed by atoms with Gasteiger partial charge >= 0.3 is 5.97 Å². The molecular weight excluding hydrogens is 230 g/mol. The number of ether oxygens (including phenoxy) is 2. The Bertz CT molecular complexity index is 411. The Hall–Kier alpha value is -1.55. The van der Waals surface area contributed by atoms with Gasteiger partial charge in [-0.1, -0.05) is 6.07 Å². The normalized spacial score (nSPS) is 23.4. The number of esters is 1. The molecule has 18 heavy (non-hydrogen) atoms. The summed E-state index contributed by atoms with van der Waals surface area (Å²) in [5.41, 5.74) is 6.37. The summed E-state index contributed by atoms with van der Waals surface area (Å²) < 4.78 is 10.6. The monoisotopic (exact) mass is 249 g/mol. The average Bonchev–Trinajstić information content (AvgIpc) is 2.41. The van der Waals surface area contributed by atoms with Crippen molar-refractivity contribution in [2.75, 3.05) is 7.11 Å². The lowest BCUT2D eigenvalue weighted by molar-refractivity contribution is 0.0599. The van der Waals surface area contributed by atoms with Gasteiger partial charge in [0.25, 0.3) is 0 Å². The number of benzene rings is 1. The van der Waals surface area contributed by atoms with Crippen molar-refractivity contribution in [3.63, 3.8) is 0 Å². The van der Waals surface area contributed by atoms with Crippen molar-refractivity contribution in [2.24, 2.45) is 5.73 Å². The average molecular weight is 249 g/mol. The lowest BCUT2D eigenvalue weighted by atomic mass is 9.94. The molecule has 1 saturated carbocycles. The Labute approximate surface area is 107 Å². The van der Waals surface area contributed by atoms with E-state index >= 15 is 0 Å². The van der Waals surface area contributed by atoms with Crippen LogP contribution in [-0.4, -0.2) is 25.2 Å². The van der Waals surface area contributed by atoms with Gasteiger partial charge in [-0.15, -0.1) is 0 Å². The number of carbonyl (C=O) groups is 1. The van der Waals surface area contributed by atoms with Crippen LogP contribution in [0, 0.1) is 0 Å². The van der Waals surface area contributed by atoms with Crippen molar-refractivity contribution in [3.05, 3.63) is 29.8 Å². The molecule has 0 aromatic heterocycles. The van der Waals surface area contributed by atoms with Crippen LogP contribution in [0.4, 0.5) is 0 Å². The van der Waals surface area contributed by atoms with Crippen LogP contribution in [0.5, 0.6) is 5.75 Å². The molecule has 0 unspecified atom stereocenters. The largest absolute Gasteiger partial charge is 0.490 e. The van der Waals surface area contributed by atoms with Gasteiger partial charge in [-0.05, 0) is 43.9 Å². The molecule has 0 aliphatic heterocycles. The van der Waals surface area contributed by atoms with Crippen molar-refractivity contribution in [3.8, 4) is 5.75 Å². The van der Waals surface area contributed by atoms with Gasteiger partial charge in [0.2, 0.25) is 0 Å². The summed E-state index contributed by atoms with van der Waals surface area (Å²) >= 11 is 0. The minimum atomic E-state index is -0.342. The number of methoxy groups -OCH3 is 1. The van der Waals surface area contributed by atoms with Gasteiger partial charge in [0.1, 0.15) is 5.75 Å². The Morgan fingerprint density at radius 1 is 1.28 bits per heavy atom. The minimum absolute atomic E-state index is 0.206. The van der Waals surface area contributed by atoms with Gasteiger partial charge in [0.05, 0.1) is 18.8 Å². The summed E-state index contributed by atoms with van der Waals surface area (Å²) in [6.07, 6.45) is 4.16. The Morgan fingerprint density at radius 3 is 2.67 bits per heavy atom. The van der Waals surface area contributed by atoms with Crippen LogP contribution >= 0.6 is 0 Å². The Morgan fingerprint density at radius 2 is 2.00 bits per heavy atom. The first-order valence-corrected chi connectivity index (χ1v) is 6.29. The minimum Gasteiger partial charge on any atom is -0.490 e. The molecular formula is C14H19NO3. The maximum Gasteiger partial charge on any atom is 0.337 e. The van der Waals surface area contributed by atoms with Crippen molar-refractivity contribution in [1.29, 1.82) is 0 Å². The zero-order chi connectivity index (χ0) is 13.0. The van der Waals surface area contributed by atoms with Gasteiger partial charge in [-0.2, -0.15) is 0 Å². The molecule has 2 N–H and O–H groups in total. The summed E-state index contributed by atoms with van der Waals surface area (Å²) in [6.45, 7) is 0. The van der Waals surface area contributed by atoms with E-state index < -0.39 is 0 Å². The third-order valence-corrected chi connectivity index (χ3v) is 3.28. The Kier molecular flexibility index (Phi) is 4.20. The molecule has 0 bridgehead atoms. The van der Waals surface area contributed by atoms with E-state index in [4.69, 9.17) is 10.5 Å². The van der Waals surface area contributed by atoms with Crippen molar-refractivity contribution >= 4 is 5.97 Å². The van der Waals surface area contributed by atoms with Crippen LogP contribution in [0.1, 0.15) is 36.0 Å². The van der Waals surface area contributed by atoms with Crippen LogP contribution in [0.2, 0.25) is 0 Å². The lowest BCUT2D eigenvalue weighted by Gasteiger charge is -2.26. The summed E-state index contributed by atoms with van der Waals surface area (Å²) in [5.74, 6) is 0.379. The summed E-state index contributed by atoms with van der Waals surface area (Å²) in [4.78, 5) is 11.4. The molecule has 0 saturated heterocycles. The number of nitrogens with two attached hydrogens (primary N) is 1. The molecule has 1 aromatic rings. The summed E-state index contributed by atoms with van der Waals surface area (Å²) in [5, 5.41) is 0. The van der Waals surface area contributed by atoms with E-state index in [0.29, 0.717) is 11.6 Å². The van der Waals surface area contributed by atoms with Crippen LogP contribution in [0.15, 0.2) is 24.3 Å². The first kappa shape index (κ1) is 12.9. The second-order valence-electron chi connectivity index (χ2n) is 4.67. The van der Waals surface area contributed by atoms with Gasteiger partial charge in [0.15, 0.2) is 0 Å². The molecule has 4 nitrogen and oxygen atoms in total. The lowest BCUT2D eigenvalue weighted by Crippen LogP contribution is -2.31. The van der Waals surface area contributed by atoms with Crippen LogP contribution in [-0.2, 0) is 4.74 Å². The second kappa shape index (κ2) is 5.87. The molecule has 0 atom stereocenters. The maximum atomic E-state index is 11.4. The van der Waals surface area contributed by atoms with Gasteiger partial charge in [-0.25, -0.2) is 4.79 Å². The zero-order valence-electron chi connectivity index (χ0n) is 10.6. The first-order valence-electron chi connectivity index (χ1n) is 6.29. The van der Waals surface area contributed by atoms with Crippen LogP contribution in [0.3, 0.4) is 0 Å². The molecule has 98 valence electrons. The predicted octanol–water partition coefficient (Wildman–Crippen LogP) is 2.12. The van der Waals surface area contributed by atoms with E-state index in [9.17, 15) is 4.79 Å². The summed E-state index contributed by atoms with van der Waals surface area (Å²) in [7, 11) is 1.37. The van der Waals surface area contributed by atoms with E-state index in [1.165, 1.54) is 7.11 Å². The smallest absolute Gasteiger partial charge is 0.337 e. The number of rotatable bonds is 3. The van der Waals surface area contributed by atoms with Gasteiger partial charge in [-0.3, -0.25) is 0 Å². The van der Waals surface area contributed by atoms with E-state index in [1.54, 1.807) is 18.2 Å². The fraction of sp³-hybridized carbons (Fsp3) is 0.500. The molecule has 1 fully saturated rings. The number of hydrogen-bond donors (Lipinski definition) is 1. The third-order valence-electron chi connectivity index (χ3n) is 3.28. The van der Waals surface area contributed by atoms with E-state index in [2.05, 4.69) is 4.74 Å². The standard InChI is InChI=1S/C14H19NO3/c1-17-14(16)10-3-2-4-13(9-10)18-12-7-5-11(15)6-8-12/h2-4,9,11-12H,5-8,15H2,1H3. The molecule has 1 aromatic carbocycles. The Balaban J connectivity index is 1.99. The zero-order valence-corrected chi connectivity index (χ0v) is 10.6. The molecule has 4 heteroatoms. The van der Waals surface area contributed by atoms with Gasteiger partial charge in [0, 0.05) is 6.04 Å². The third kappa shape index (κ3) is 3.23. The van der Waals surface area contributed by atoms with E-state index in [1.807, 2.05) is 6.07 Å². The van der Waals surface area contributed by atoms with Gasteiger partial charge < -0.3 is 15.2 Å². The number of hydrogen-bond acceptors (Lipinski definition) is 4. The SMILES string of the molecule is COC(=O)c1cccc(OC2CCC(N)CC2)c1. The highest BCUT2D eigenvalue weighted by Crippen LogP contribution is 2.23.